The van der Waals surface area contributed by atoms with E-state index in [1.807, 2.05) is 0 Å². The molecule has 0 spiro atoms. The van der Waals surface area contributed by atoms with Crippen LogP contribution in [-0.4, -0.2) is 47.4 Å². The van der Waals surface area contributed by atoms with Crippen LogP contribution in [0.15, 0.2) is 5.38 Å². The summed E-state index contributed by atoms with van der Waals surface area (Å²) in [4.78, 5) is 7.08. The van der Waals surface area contributed by atoms with Crippen molar-refractivity contribution in [2.24, 2.45) is 0 Å². The molecule has 0 aromatic carbocycles. The number of aromatic nitrogens is 1. The Labute approximate surface area is 119 Å². The largest absolute Gasteiger partial charge is 0.396 e. The van der Waals surface area contributed by atoms with E-state index in [9.17, 15) is 0 Å². The Morgan fingerprint density at radius 1 is 1.47 bits per heavy atom. The molecule has 1 N–H and O–H groups in total. The number of aryl methyl sites for hydroxylation is 1. The highest BCUT2D eigenvalue weighted by molar-refractivity contribution is 7.09. The number of ether oxygens (including phenoxy) is 1. The zero-order chi connectivity index (χ0) is 13.5. The Hall–Kier alpha value is -0.490. The number of nitrogens with zero attached hydrogens (tertiary/aromatic N) is 2. The summed E-state index contributed by atoms with van der Waals surface area (Å²) >= 11 is 1.77. The second-order valence-electron chi connectivity index (χ2n) is 5.01. The van der Waals surface area contributed by atoms with Gasteiger partial charge in [0.05, 0.1) is 16.8 Å². The fourth-order valence-electron chi connectivity index (χ4n) is 2.36. The van der Waals surface area contributed by atoms with Crippen LogP contribution >= 0.6 is 11.3 Å². The van der Waals surface area contributed by atoms with Gasteiger partial charge in [0.15, 0.2) is 0 Å². The minimum Gasteiger partial charge on any atom is -0.396 e. The number of hydrogen-bond donors (Lipinski definition) is 1. The van der Waals surface area contributed by atoms with Crippen LogP contribution in [0, 0.1) is 0 Å². The number of likely N-dealkylation sites (tertiary alicyclic amines) is 1. The number of rotatable bonds is 7. The zero-order valence-electron chi connectivity index (χ0n) is 11.7. The van der Waals surface area contributed by atoms with Crippen molar-refractivity contribution in [1.29, 1.82) is 0 Å². The highest BCUT2D eigenvalue weighted by Crippen LogP contribution is 2.18. The molecule has 0 atom stereocenters. The maximum atomic E-state index is 8.73. The van der Waals surface area contributed by atoms with Crippen LogP contribution in [0.4, 0.5) is 0 Å². The predicted octanol–water partition coefficient (Wildman–Crippen LogP) is 2.07. The quantitative estimate of drug-likeness (QED) is 0.779. The Balaban J connectivity index is 1.68. The highest BCUT2D eigenvalue weighted by atomic mass is 32.1. The molecule has 1 saturated heterocycles. The molecule has 0 unspecified atom stereocenters. The zero-order valence-corrected chi connectivity index (χ0v) is 12.5. The van der Waals surface area contributed by atoms with Gasteiger partial charge in [0.25, 0.3) is 0 Å². The molecule has 2 heterocycles. The van der Waals surface area contributed by atoms with Crippen molar-refractivity contribution in [3.63, 3.8) is 0 Å². The smallest absolute Gasteiger partial charge is 0.0926 e. The molecule has 1 aromatic heterocycles. The Bertz CT molecular complexity index is 362. The van der Waals surface area contributed by atoms with E-state index in [1.165, 1.54) is 10.7 Å². The van der Waals surface area contributed by atoms with Gasteiger partial charge in [-0.3, -0.25) is 4.90 Å². The highest BCUT2D eigenvalue weighted by Gasteiger charge is 2.20. The van der Waals surface area contributed by atoms with E-state index in [2.05, 4.69) is 22.2 Å². The van der Waals surface area contributed by atoms with Gasteiger partial charge in [-0.1, -0.05) is 6.92 Å². The minimum absolute atomic E-state index is 0.225. The van der Waals surface area contributed by atoms with Crippen molar-refractivity contribution in [2.45, 2.75) is 45.3 Å². The Morgan fingerprint density at radius 2 is 2.26 bits per heavy atom. The van der Waals surface area contributed by atoms with E-state index in [4.69, 9.17) is 9.84 Å². The van der Waals surface area contributed by atoms with Gasteiger partial charge in [-0.05, 0) is 25.7 Å². The summed E-state index contributed by atoms with van der Waals surface area (Å²) in [5.74, 6) is 0. The van der Waals surface area contributed by atoms with Crippen LogP contribution in [0.5, 0.6) is 0 Å². The lowest BCUT2D eigenvalue weighted by Crippen LogP contribution is -2.36. The van der Waals surface area contributed by atoms with E-state index in [0.29, 0.717) is 12.7 Å². The molecule has 0 bridgehead atoms. The van der Waals surface area contributed by atoms with E-state index < -0.39 is 0 Å². The average Bonchev–Trinajstić information content (AvgIpc) is 2.89. The summed E-state index contributed by atoms with van der Waals surface area (Å²) in [7, 11) is 0. The molecular weight excluding hydrogens is 260 g/mol. The fourth-order valence-corrected chi connectivity index (χ4v) is 3.10. The summed E-state index contributed by atoms with van der Waals surface area (Å²) in [6.07, 6.45) is 4.35. The fraction of sp³-hybridized carbons (Fsp3) is 0.786. The lowest BCUT2D eigenvalue weighted by molar-refractivity contribution is 0.000599. The van der Waals surface area contributed by atoms with E-state index in [1.54, 1.807) is 11.3 Å². The van der Waals surface area contributed by atoms with Crippen LogP contribution in [-0.2, 0) is 17.7 Å². The Kier molecular flexibility index (Phi) is 6.23. The number of aliphatic hydroxyl groups excluding tert-OH is 1. The maximum absolute atomic E-state index is 8.73. The van der Waals surface area contributed by atoms with Crippen molar-refractivity contribution in [3.8, 4) is 0 Å². The van der Waals surface area contributed by atoms with E-state index in [-0.39, 0.29) is 6.61 Å². The first-order chi connectivity index (χ1) is 9.31. The average molecular weight is 284 g/mol. The Morgan fingerprint density at radius 3 is 2.89 bits per heavy atom. The molecule has 1 aliphatic heterocycles. The van der Waals surface area contributed by atoms with Crippen LogP contribution in [0.3, 0.4) is 0 Å². The second-order valence-corrected chi connectivity index (χ2v) is 5.95. The molecule has 5 heteroatoms. The first-order valence-corrected chi connectivity index (χ1v) is 8.08. The number of piperidine rings is 1. The summed E-state index contributed by atoms with van der Waals surface area (Å²) in [5, 5.41) is 12.1. The molecule has 2 rings (SSSR count). The molecule has 0 amide bonds. The van der Waals surface area contributed by atoms with Crippen LogP contribution < -0.4 is 0 Å². The van der Waals surface area contributed by atoms with Gasteiger partial charge >= 0.3 is 0 Å². The van der Waals surface area contributed by atoms with Gasteiger partial charge in [-0.25, -0.2) is 4.98 Å². The topological polar surface area (TPSA) is 45.6 Å². The molecule has 0 radical (unpaired) electrons. The molecule has 4 nitrogen and oxygen atoms in total. The standard InChI is InChI=1S/C14H24N2O2S/c1-2-14-15-12(11-19-14)10-16-6-4-13(5-7-16)18-9-3-8-17/h11,13,17H,2-10H2,1H3. The van der Waals surface area contributed by atoms with Gasteiger partial charge in [0.1, 0.15) is 0 Å². The SMILES string of the molecule is CCc1nc(CN2CCC(OCCCO)CC2)cs1. The molecular formula is C14H24N2O2S. The molecule has 0 aliphatic carbocycles. The summed E-state index contributed by atoms with van der Waals surface area (Å²) in [6, 6.07) is 0. The van der Waals surface area contributed by atoms with Crippen molar-refractivity contribution >= 4 is 11.3 Å². The second kappa shape index (κ2) is 7.94. The summed E-state index contributed by atoms with van der Waals surface area (Å²) in [6.45, 7) is 6.21. The predicted molar refractivity (Wildman–Crippen MR) is 77.4 cm³/mol. The van der Waals surface area contributed by atoms with Gasteiger partial charge in [0.2, 0.25) is 0 Å². The van der Waals surface area contributed by atoms with Crippen molar-refractivity contribution in [1.82, 2.24) is 9.88 Å². The third-order valence-corrected chi connectivity index (χ3v) is 4.52. The van der Waals surface area contributed by atoms with Crippen LogP contribution in [0.1, 0.15) is 36.9 Å². The number of aliphatic hydroxyl groups is 1. The van der Waals surface area contributed by atoms with Gasteiger partial charge in [-0.2, -0.15) is 0 Å². The molecule has 1 aliphatic rings. The van der Waals surface area contributed by atoms with Gasteiger partial charge < -0.3 is 9.84 Å². The van der Waals surface area contributed by atoms with Crippen molar-refractivity contribution in [2.75, 3.05) is 26.3 Å². The molecule has 108 valence electrons. The maximum Gasteiger partial charge on any atom is 0.0926 e. The number of hydrogen-bond acceptors (Lipinski definition) is 5. The van der Waals surface area contributed by atoms with Crippen LogP contribution in [0.25, 0.3) is 0 Å². The number of thiazole rings is 1. The van der Waals surface area contributed by atoms with Gasteiger partial charge in [0, 0.05) is 38.2 Å². The summed E-state index contributed by atoms with van der Waals surface area (Å²) < 4.78 is 5.74. The minimum atomic E-state index is 0.225. The third-order valence-electron chi connectivity index (χ3n) is 3.48. The lowest BCUT2D eigenvalue weighted by Gasteiger charge is -2.31. The normalized spacial score (nSPS) is 18.0. The molecule has 19 heavy (non-hydrogen) atoms. The van der Waals surface area contributed by atoms with E-state index in [0.717, 1.165) is 45.3 Å². The first kappa shape index (κ1) is 14.9. The van der Waals surface area contributed by atoms with Gasteiger partial charge in [-0.15, -0.1) is 11.3 Å². The van der Waals surface area contributed by atoms with Crippen molar-refractivity contribution in [3.05, 3.63) is 16.1 Å². The first-order valence-electron chi connectivity index (χ1n) is 7.20. The molecule has 1 aromatic rings. The van der Waals surface area contributed by atoms with E-state index >= 15 is 0 Å². The third kappa shape index (κ3) is 4.84. The van der Waals surface area contributed by atoms with Crippen molar-refractivity contribution < 1.29 is 9.84 Å². The molecule has 0 saturated carbocycles. The summed E-state index contributed by atoms with van der Waals surface area (Å²) in [5.41, 5.74) is 1.21. The monoisotopic (exact) mass is 284 g/mol. The lowest BCUT2D eigenvalue weighted by atomic mass is 10.1. The molecule has 1 fully saturated rings. The van der Waals surface area contributed by atoms with Crippen LogP contribution in [0.2, 0.25) is 0 Å².